The molecule has 3 heteroatoms. The van der Waals surface area contributed by atoms with Gasteiger partial charge >= 0.3 is 0 Å². The average Bonchev–Trinajstić information content (AvgIpc) is 2.46. The van der Waals surface area contributed by atoms with Crippen LogP contribution < -0.4 is 5.32 Å². The number of nitrogens with one attached hydrogen (secondary N) is 1. The molecule has 1 rings (SSSR count). The van der Waals surface area contributed by atoms with Crippen molar-refractivity contribution >= 4 is 5.91 Å². The van der Waals surface area contributed by atoms with Gasteiger partial charge in [0.05, 0.1) is 0 Å². The van der Waals surface area contributed by atoms with Crippen molar-refractivity contribution < 1.29 is 4.79 Å². The van der Waals surface area contributed by atoms with Crippen LogP contribution in [-0.4, -0.2) is 37.0 Å². The molecule has 1 aliphatic rings. The highest BCUT2D eigenvalue weighted by molar-refractivity contribution is 5.76. The molecule has 1 fully saturated rings. The van der Waals surface area contributed by atoms with Crippen LogP contribution in [0.2, 0.25) is 0 Å². The third kappa shape index (κ3) is 3.29. The number of nitrogens with zero attached hydrogens (tertiary/aromatic N) is 1. The Morgan fingerprint density at radius 3 is 2.71 bits per heavy atom. The molecule has 0 aliphatic carbocycles. The maximum atomic E-state index is 11.7. The summed E-state index contributed by atoms with van der Waals surface area (Å²) in [5.74, 6) is 0.302. The zero-order valence-electron chi connectivity index (χ0n) is 9.60. The van der Waals surface area contributed by atoms with Gasteiger partial charge in [0.1, 0.15) is 0 Å². The lowest BCUT2D eigenvalue weighted by molar-refractivity contribution is -0.130. The van der Waals surface area contributed by atoms with Crippen LogP contribution in [0.4, 0.5) is 0 Å². The van der Waals surface area contributed by atoms with Crippen LogP contribution in [0.15, 0.2) is 0 Å². The van der Waals surface area contributed by atoms with Crippen molar-refractivity contribution in [2.45, 2.75) is 33.6 Å². The number of hydrogen-bond acceptors (Lipinski definition) is 2. The van der Waals surface area contributed by atoms with Gasteiger partial charge in [-0.05, 0) is 18.4 Å². The first-order chi connectivity index (χ1) is 6.55. The molecular formula is C11H22N2O. The average molecular weight is 198 g/mol. The summed E-state index contributed by atoms with van der Waals surface area (Å²) in [5, 5.41) is 3.18. The Hall–Kier alpha value is -0.570. The van der Waals surface area contributed by atoms with Crippen molar-refractivity contribution in [2.75, 3.05) is 26.2 Å². The van der Waals surface area contributed by atoms with E-state index in [1.54, 1.807) is 0 Å². The van der Waals surface area contributed by atoms with Gasteiger partial charge in [-0.2, -0.15) is 0 Å². The van der Waals surface area contributed by atoms with Gasteiger partial charge in [0.25, 0.3) is 0 Å². The van der Waals surface area contributed by atoms with Crippen LogP contribution in [0.3, 0.4) is 0 Å². The van der Waals surface area contributed by atoms with E-state index in [9.17, 15) is 4.79 Å². The minimum Gasteiger partial charge on any atom is -0.342 e. The summed E-state index contributed by atoms with van der Waals surface area (Å²) >= 11 is 0. The van der Waals surface area contributed by atoms with Crippen molar-refractivity contribution in [2.24, 2.45) is 5.41 Å². The molecule has 1 heterocycles. The molecule has 0 saturated carbocycles. The lowest BCUT2D eigenvalue weighted by Crippen LogP contribution is -2.32. The molecule has 0 aromatic carbocycles. The number of carbonyl (C=O) groups is 1. The zero-order chi connectivity index (χ0) is 10.6. The van der Waals surface area contributed by atoms with Gasteiger partial charge < -0.3 is 10.2 Å². The summed E-state index contributed by atoms with van der Waals surface area (Å²) in [4.78, 5) is 13.7. The predicted octanol–water partition coefficient (Wildman–Crippen LogP) is 1.24. The highest BCUT2D eigenvalue weighted by atomic mass is 16.2. The van der Waals surface area contributed by atoms with Gasteiger partial charge in [-0.15, -0.1) is 0 Å². The Bertz CT molecular complexity index is 201. The number of rotatable bonds is 4. The second-order valence-corrected chi connectivity index (χ2v) is 4.83. The molecule has 0 atom stereocenters. The van der Waals surface area contributed by atoms with E-state index in [0.29, 0.717) is 17.7 Å². The van der Waals surface area contributed by atoms with Crippen molar-refractivity contribution in [3.8, 4) is 0 Å². The van der Waals surface area contributed by atoms with Gasteiger partial charge in [0.15, 0.2) is 0 Å². The molecule has 0 aromatic rings. The highest BCUT2D eigenvalue weighted by Crippen LogP contribution is 2.28. The van der Waals surface area contributed by atoms with E-state index in [4.69, 9.17) is 0 Å². The summed E-state index contributed by atoms with van der Waals surface area (Å²) in [5.41, 5.74) is 0.327. The molecule has 14 heavy (non-hydrogen) atoms. The third-order valence-corrected chi connectivity index (χ3v) is 2.80. The molecule has 0 spiro atoms. The van der Waals surface area contributed by atoms with Crippen LogP contribution in [0.1, 0.15) is 33.6 Å². The minimum atomic E-state index is 0.302. The lowest BCUT2D eigenvalue weighted by atomic mass is 9.93. The quantitative estimate of drug-likeness (QED) is 0.689. The number of hydrogen-bond donors (Lipinski definition) is 1. The topological polar surface area (TPSA) is 32.3 Å². The maximum absolute atomic E-state index is 11.7. The fourth-order valence-corrected chi connectivity index (χ4v) is 1.86. The van der Waals surface area contributed by atoms with E-state index in [-0.39, 0.29) is 0 Å². The largest absolute Gasteiger partial charge is 0.342 e. The van der Waals surface area contributed by atoms with Crippen LogP contribution in [0, 0.1) is 5.41 Å². The van der Waals surface area contributed by atoms with Crippen molar-refractivity contribution in [1.29, 1.82) is 0 Å². The normalized spacial score (nSPS) is 20.1. The smallest absolute Gasteiger partial charge is 0.223 e. The predicted molar refractivity (Wildman–Crippen MR) is 58.1 cm³/mol. The molecule has 1 amide bonds. The first-order valence-corrected chi connectivity index (χ1v) is 5.54. The van der Waals surface area contributed by atoms with Crippen LogP contribution in [0.25, 0.3) is 0 Å². The first kappa shape index (κ1) is 11.5. The summed E-state index contributed by atoms with van der Waals surface area (Å²) < 4.78 is 0. The highest BCUT2D eigenvalue weighted by Gasteiger charge is 2.31. The first-order valence-electron chi connectivity index (χ1n) is 5.54. The molecule has 82 valence electrons. The molecule has 0 unspecified atom stereocenters. The van der Waals surface area contributed by atoms with E-state index in [0.717, 1.165) is 32.6 Å². The Morgan fingerprint density at radius 1 is 1.50 bits per heavy atom. The van der Waals surface area contributed by atoms with Gasteiger partial charge in [0.2, 0.25) is 5.91 Å². The van der Waals surface area contributed by atoms with Crippen molar-refractivity contribution in [3.63, 3.8) is 0 Å². The fraction of sp³-hybridized carbons (Fsp3) is 0.909. The van der Waals surface area contributed by atoms with Gasteiger partial charge in [-0.25, -0.2) is 0 Å². The summed E-state index contributed by atoms with van der Waals surface area (Å²) in [6.45, 7) is 10.1. The van der Waals surface area contributed by atoms with Gasteiger partial charge in [-0.3, -0.25) is 4.79 Å². The van der Waals surface area contributed by atoms with E-state index in [1.165, 1.54) is 0 Å². The summed E-state index contributed by atoms with van der Waals surface area (Å²) in [7, 11) is 0. The number of likely N-dealkylation sites (tertiary alicyclic amines) is 1. The van der Waals surface area contributed by atoms with E-state index < -0.39 is 0 Å². The fourth-order valence-electron chi connectivity index (χ4n) is 1.86. The van der Waals surface area contributed by atoms with E-state index in [1.807, 2.05) is 4.90 Å². The molecule has 0 aromatic heterocycles. The molecule has 1 N–H and O–H groups in total. The van der Waals surface area contributed by atoms with E-state index in [2.05, 4.69) is 26.1 Å². The maximum Gasteiger partial charge on any atom is 0.223 e. The van der Waals surface area contributed by atoms with Crippen LogP contribution in [0.5, 0.6) is 0 Å². The van der Waals surface area contributed by atoms with E-state index >= 15 is 0 Å². The third-order valence-electron chi connectivity index (χ3n) is 2.80. The van der Waals surface area contributed by atoms with Crippen molar-refractivity contribution in [1.82, 2.24) is 10.2 Å². The van der Waals surface area contributed by atoms with Crippen LogP contribution >= 0.6 is 0 Å². The molecule has 1 aliphatic heterocycles. The Balaban J connectivity index is 2.25. The summed E-state index contributed by atoms with van der Waals surface area (Å²) in [6, 6.07) is 0. The van der Waals surface area contributed by atoms with Crippen LogP contribution in [-0.2, 0) is 4.79 Å². The minimum absolute atomic E-state index is 0.302. The monoisotopic (exact) mass is 198 g/mol. The standard InChI is InChI=1S/C11H22N2O/c1-4-12-7-5-10(14)13-8-6-11(2,3)9-13/h12H,4-9H2,1-3H3. The molecule has 0 radical (unpaired) electrons. The zero-order valence-corrected chi connectivity index (χ0v) is 9.60. The Kier molecular flexibility index (Phi) is 3.93. The Labute approximate surface area is 86.9 Å². The van der Waals surface area contributed by atoms with Gasteiger partial charge in [-0.1, -0.05) is 20.8 Å². The second-order valence-electron chi connectivity index (χ2n) is 4.83. The number of amides is 1. The second kappa shape index (κ2) is 4.78. The van der Waals surface area contributed by atoms with Gasteiger partial charge in [0, 0.05) is 26.1 Å². The molecule has 3 nitrogen and oxygen atoms in total. The molecular weight excluding hydrogens is 176 g/mol. The number of carbonyl (C=O) groups excluding carboxylic acids is 1. The summed E-state index contributed by atoms with van der Waals surface area (Å²) in [6.07, 6.45) is 1.78. The molecule has 1 saturated heterocycles. The van der Waals surface area contributed by atoms with Crippen molar-refractivity contribution in [3.05, 3.63) is 0 Å². The molecule has 0 bridgehead atoms. The Morgan fingerprint density at radius 2 is 2.21 bits per heavy atom. The lowest BCUT2D eigenvalue weighted by Gasteiger charge is -2.19. The SMILES string of the molecule is CCNCCC(=O)N1CCC(C)(C)C1.